The van der Waals surface area contributed by atoms with E-state index >= 15 is 0 Å². The second-order valence-corrected chi connectivity index (χ2v) is 4.92. The number of ether oxygens (including phenoxy) is 1. The van der Waals surface area contributed by atoms with Crippen LogP contribution in [0.25, 0.3) is 0 Å². The zero-order valence-corrected chi connectivity index (χ0v) is 11.6. The molecule has 1 fully saturated rings. The largest absolute Gasteiger partial charge is 0.469 e. The molecule has 2 N–H and O–H groups in total. The molecular weight excluding hydrogens is 282 g/mol. The fraction of sp³-hybridized carbons (Fsp3) is 0.429. The summed E-state index contributed by atoms with van der Waals surface area (Å²) >= 11 is 0. The molecule has 1 aromatic carbocycles. The second-order valence-electron chi connectivity index (χ2n) is 4.92. The second kappa shape index (κ2) is 6.07. The molecule has 0 spiro atoms. The number of nitrogens with two attached hydrogens (primary N) is 1. The topological polar surface area (TPSA) is 72.6 Å². The van der Waals surface area contributed by atoms with E-state index in [9.17, 15) is 18.4 Å². The summed E-state index contributed by atoms with van der Waals surface area (Å²) in [5.74, 6) is -3.35. The smallest absolute Gasteiger partial charge is 0.308 e. The van der Waals surface area contributed by atoms with Crippen LogP contribution in [0.15, 0.2) is 12.1 Å². The van der Waals surface area contributed by atoms with Crippen LogP contribution >= 0.6 is 0 Å². The van der Waals surface area contributed by atoms with Crippen molar-refractivity contribution in [3.8, 4) is 0 Å². The van der Waals surface area contributed by atoms with Gasteiger partial charge in [-0.3, -0.25) is 9.59 Å². The van der Waals surface area contributed by atoms with Gasteiger partial charge in [-0.1, -0.05) is 0 Å². The van der Waals surface area contributed by atoms with Crippen molar-refractivity contribution in [2.75, 3.05) is 25.9 Å². The standard InChI is InChI=1S/C14H16F2N2O3/c1-21-14(20)8-4-6-18(7-5-8)13(19)11-9(15)2-3-10(17)12(11)16/h2-3,8H,4-7,17H2,1H3. The zero-order valence-electron chi connectivity index (χ0n) is 11.6. The first-order valence-corrected chi connectivity index (χ1v) is 6.56. The van der Waals surface area contributed by atoms with Gasteiger partial charge >= 0.3 is 5.97 Å². The Labute approximate surface area is 120 Å². The highest BCUT2D eigenvalue weighted by Gasteiger charge is 2.31. The predicted octanol–water partition coefficient (Wildman–Crippen LogP) is 1.57. The molecule has 1 heterocycles. The van der Waals surface area contributed by atoms with Crippen molar-refractivity contribution in [2.24, 2.45) is 5.92 Å². The molecule has 0 bridgehead atoms. The van der Waals surface area contributed by atoms with Gasteiger partial charge in [0, 0.05) is 13.1 Å². The van der Waals surface area contributed by atoms with Gasteiger partial charge in [-0.05, 0) is 25.0 Å². The van der Waals surface area contributed by atoms with Crippen LogP contribution in [0.2, 0.25) is 0 Å². The number of carbonyl (C=O) groups is 2. The van der Waals surface area contributed by atoms with Gasteiger partial charge < -0.3 is 15.4 Å². The molecule has 1 aliphatic heterocycles. The van der Waals surface area contributed by atoms with E-state index in [-0.39, 0.29) is 30.7 Å². The normalized spacial score (nSPS) is 15.9. The highest BCUT2D eigenvalue weighted by molar-refractivity contribution is 5.95. The summed E-state index contributed by atoms with van der Waals surface area (Å²) in [6.07, 6.45) is 0.813. The predicted molar refractivity (Wildman–Crippen MR) is 71.4 cm³/mol. The number of halogens is 2. The Morgan fingerprint density at radius 3 is 2.48 bits per heavy atom. The number of amides is 1. The first-order valence-electron chi connectivity index (χ1n) is 6.56. The fourth-order valence-corrected chi connectivity index (χ4v) is 2.41. The molecule has 0 radical (unpaired) electrons. The third-order valence-electron chi connectivity index (χ3n) is 3.65. The lowest BCUT2D eigenvalue weighted by Crippen LogP contribution is -2.41. The van der Waals surface area contributed by atoms with Crippen LogP contribution in [-0.2, 0) is 9.53 Å². The van der Waals surface area contributed by atoms with E-state index in [1.807, 2.05) is 0 Å². The number of hydrogen-bond acceptors (Lipinski definition) is 4. The van der Waals surface area contributed by atoms with Crippen molar-refractivity contribution in [3.63, 3.8) is 0 Å². The van der Waals surface area contributed by atoms with Crippen LogP contribution in [0.3, 0.4) is 0 Å². The van der Waals surface area contributed by atoms with E-state index in [0.717, 1.165) is 12.1 Å². The summed E-state index contributed by atoms with van der Waals surface area (Å²) in [4.78, 5) is 24.9. The molecule has 0 unspecified atom stereocenters. The van der Waals surface area contributed by atoms with E-state index in [4.69, 9.17) is 5.73 Å². The summed E-state index contributed by atoms with van der Waals surface area (Å²) in [5, 5.41) is 0. The third-order valence-corrected chi connectivity index (χ3v) is 3.65. The SMILES string of the molecule is COC(=O)C1CCN(C(=O)c2c(F)ccc(N)c2F)CC1. The van der Waals surface area contributed by atoms with E-state index in [1.165, 1.54) is 12.0 Å². The molecule has 0 atom stereocenters. The molecule has 0 aromatic heterocycles. The molecule has 7 heteroatoms. The maximum atomic E-state index is 13.8. The van der Waals surface area contributed by atoms with Crippen molar-refractivity contribution in [3.05, 3.63) is 29.3 Å². The number of esters is 1. The van der Waals surface area contributed by atoms with Gasteiger partial charge in [0.25, 0.3) is 5.91 Å². The van der Waals surface area contributed by atoms with Gasteiger partial charge in [0.05, 0.1) is 18.7 Å². The lowest BCUT2D eigenvalue weighted by Gasteiger charge is -2.30. The van der Waals surface area contributed by atoms with Gasteiger partial charge in [-0.15, -0.1) is 0 Å². The molecule has 1 aromatic rings. The van der Waals surface area contributed by atoms with Gasteiger partial charge in [-0.25, -0.2) is 8.78 Å². The Morgan fingerprint density at radius 2 is 1.90 bits per heavy atom. The molecule has 114 valence electrons. The van der Waals surface area contributed by atoms with Crippen molar-refractivity contribution < 1.29 is 23.1 Å². The minimum Gasteiger partial charge on any atom is -0.469 e. The molecule has 1 amide bonds. The minimum absolute atomic E-state index is 0.242. The summed E-state index contributed by atoms with van der Waals surface area (Å²) in [7, 11) is 1.30. The fourth-order valence-electron chi connectivity index (χ4n) is 2.41. The van der Waals surface area contributed by atoms with Crippen molar-refractivity contribution in [1.82, 2.24) is 4.90 Å². The van der Waals surface area contributed by atoms with Crippen LogP contribution in [0.1, 0.15) is 23.2 Å². The van der Waals surface area contributed by atoms with Gasteiger partial charge in [0.1, 0.15) is 11.4 Å². The number of hydrogen-bond donors (Lipinski definition) is 1. The lowest BCUT2D eigenvalue weighted by atomic mass is 9.96. The Bertz CT molecular complexity index is 570. The van der Waals surface area contributed by atoms with Crippen molar-refractivity contribution >= 4 is 17.6 Å². The molecule has 1 saturated heterocycles. The molecule has 2 rings (SSSR count). The molecule has 0 aliphatic carbocycles. The molecule has 21 heavy (non-hydrogen) atoms. The summed E-state index contributed by atoms with van der Waals surface area (Å²) in [6, 6.07) is 2.04. The van der Waals surface area contributed by atoms with Crippen LogP contribution in [0.5, 0.6) is 0 Å². The minimum atomic E-state index is -1.05. The number of nitrogen functional groups attached to an aromatic ring is 1. The number of methoxy groups -OCH3 is 1. The number of nitrogens with zero attached hydrogens (tertiary/aromatic N) is 1. The van der Waals surface area contributed by atoms with Crippen molar-refractivity contribution in [2.45, 2.75) is 12.8 Å². The van der Waals surface area contributed by atoms with Gasteiger partial charge in [0.2, 0.25) is 0 Å². The first-order chi connectivity index (χ1) is 9.95. The molecular formula is C14H16F2N2O3. The zero-order chi connectivity index (χ0) is 15.6. The van der Waals surface area contributed by atoms with E-state index in [0.29, 0.717) is 12.8 Å². The van der Waals surface area contributed by atoms with Crippen molar-refractivity contribution in [1.29, 1.82) is 0 Å². The highest BCUT2D eigenvalue weighted by atomic mass is 19.1. The number of rotatable bonds is 2. The summed E-state index contributed by atoms with van der Waals surface area (Å²) in [5.41, 5.74) is 4.44. The highest BCUT2D eigenvalue weighted by Crippen LogP contribution is 2.24. The van der Waals surface area contributed by atoms with Gasteiger partial charge in [0.15, 0.2) is 5.82 Å². The van der Waals surface area contributed by atoms with E-state index in [1.54, 1.807) is 0 Å². The summed E-state index contributed by atoms with van der Waals surface area (Å²) in [6.45, 7) is 0.485. The third kappa shape index (κ3) is 2.96. The Morgan fingerprint density at radius 1 is 1.29 bits per heavy atom. The molecule has 0 saturated carbocycles. The Kier molecular flexibility index (Phi) is 4.40. The van der Waals surface area contributed by atoms with Crippen LogP contribution < -0.4 is 5.73 Å². The van der Waals surface area contributed by atoms with Gasteiger partial charge in [-0.2, -0.15) is 0 Å². The number of benzene rings is 1. The summed E-state index contributed by atoms with van der Waals surface area (Å²) < 4.78 is 32.2. The Hall–Kier alpha value is -2.18. The molecule has 5 nitrogen and oxygen atoms in total. The van der Waals surface area contributed by atoms with E-state index < -0.39 is 23.1 Å². The maximum Gasteiger partial charge on any atom is 0.308 e. The average Bonchev–Trinajstić information content (AvgIpc) is 2.50. The Balaban J connectivity index is 2.13. The lowest BCUT2D eigenvalue weighted by molar-refractivity contribution is -0.146. The number of carbonyl (C=O) groups excluding carboxylic acids is 2. The first kappa shape index (κ1) is 15.2. The number of piperidine rings is 1. The number of anilines is 1. The maximum absolute atomic E-state index is 13.8. The van der Waals surface area contributed by atoms with Crippen LogP contribution in [0, 0.1) is 17.6 Å². The van der Waals surface area contributed by atoms with Crippen LogP contribution in [0.4, 0.5) is 14.5 Å². The monoisotopic (exact) mass is 298 g/mol. The quantitative estimate of drug-likeness (QED) is 0.664. The van der Waals surface area contributed by atoms with E-state index in [2.05, 4.69) is 4.74 Å². The molecule has 1 aliphatic rings. The average molecular weight is 298 g/mol. The number of likely N-dealkylation sites (tertiary alicyclic amines) is 1. The van der Waals surface area contributed by atoms with Crippen LogP contribution in [-0.4, -0.2) is 37.0 Å².